The molecule has 0 amide bonds. The molecular formula is C22H16F3N3S2. The molecule has 4 aromatic rings. The van der Waals surface area contributed by atoms with Gasteiger partial charge in [-0.2, -0.15) is 13.2 Å². The molecule has 0 aliphatic heterocycles. The van der Waals surface area contributed by atoms with E-state index in [1.807, 2.05) is 60.0 Å². The molecule has 0 radical (unpaired) electrons. The second kappa shape index (κ2) is 8.89. The number of benzene rings is 2. The number of halogens is 3. The lowest BCUT2D eigenvalue weighted by Crippen LogP contribution is -2.07. The van der Waals surface area contributed by atoms with Gasteiger partial charge in [0.2, 0.25) is 0 Å². The molecule has 3 nitrogen and oxygen atoms in total. The van der Waals surface area contributed by atoms with Crippen LogP contribution in [0.1, 0.15) is 11.1 Å². The minimum Gasteiger partial charge on any atom is -0.269 e. The first-order chi connectivity index (χ1) is 14.5. The van der Waals surface area contributed by atoms with Gasteiger partial charge in [0.15, 0.2) is 11.0 Å². The first-order valence-electron chi connectivity index (χ1n) is 9.04. The fourth-order valence-corrected chi connectivity index (χ4v) is 4.31. The Hall–Kier alpha value is -2.84. The van der Waals surface area contributed by atoms with E-state index in [1.54, 1.807) is 10.6 Å². The highest BCUT2D eigenvalue weighted by Gasteiger charge is 2.31. The number of hydrogen-bond donors (Lipinski definition) is 0. The average molecular weight is 444 g/mol. The molecule has 0 bridgehead atoms. The van der Waals surface area contributed by atoms with Crippen LogP contribution in [0.2, 0.25) is 0 Å². The summed E-state index contributed by atoms with van der Waals surface area (Å²) in [5.41, 5.74) is 0.759. The van der Waals surface area contributed by atoms with Gasteiger partial charge in [0, 0.05) is 5.75 Å². The van der Waals surface area contributed by atoms with Crippen molar-refractivity contribution in [2.45, 2.75) is 11.3 Å². The van der Waals surface area contributed by atoms with E-state index in [9.17, 15) is 13.2 Å². The maximum atomic E-state index is 13.2. The van der Waals surface area contributed by atoms with Gasteiger partial charge in [0.1, 0.15) is 0 Å². The van der Waals surface area contributed by atoms with Crippen molar-refractivity contribution in [3.05, 3.63) is 89.3 Å². The molecule has 0 aliphatic carbocycles. The van der Waals surface area contributed by atoms with Gasteiger partial charge < -0.3 is 0 Å². The molecule has 0 unspecified atom stereocenters. The third-order valence-corrected chi connectivity index (χ3v) is 5.97. The molecule has 2 aromatic heterocycles. The summed E-state index contributed by atoms with van der Waals surface area (Å²) in [5, 5.41) is 10.9. The van der Waals surface area contributed by atoms with Crippen LogP contribution >= 0.6 is 23.1 Å². The highest BCUT2D eigenvalue weighted by atomic mass is 32.2. The normalized spacial score (nSPS) is 12.0. The summed E-state index contributed by atoms with van der Waals surface area (Å²) in [4.78, 5) is 0.839. The summed E-state index contributed by atoms with van der Waals surface area (Å²) >= 11 is 2.88. The van der Waals surface area contributed by atoms with E-state index in [1.165, 1.54) is 29.2 Å². The number of thioether (sulfide) groups is 1. The third-order valence-electron chi connectivity index (χ3n) is 4.23. The lowest BCUT2D eigenvalue weighted by atomic mass is 10.2. The molecule has 152 valence electrons. The van der Waals surface area contributed by atoms with Crippen LogP contribution in [0.3, 0.4) is 0 Å². The molecule has 4 rings (SSSR count). The van der Waals surface area contributed by atoms with Gasteiger partial charge in [0.05, 0.1) is 16.1 Å². The van der Waals surface area contributed by atoms with Gasteiger partial charge in [-0.3, -0.25) is 4.57 Å². The fraction of sp³-hybridized carbons (Fsp3) is 0.0909. The van der Waals surface area contributed by atoms with E-state index in [0.717, 1.165) is 22.6 Å². The Bertz CT molecular complexity index is 1130. The van der Waals surface area contributed by atoms with Crippen LogP contribution in [0.4, 0.5) is 13.2 Å². The van der Waals surface area contributed by atoms with Gasteiger partial charge in [0.25, 0.3) is 0 Å². The summed E-state index contributed by atoms with van der Waals surface area (Å²) in [6.07, 6.45) is -0.424. The molecule has 0 aliphatic rings. The number of rotatable bonds is 6. The minimum absolute atomic E-state index is 0.382. The van der Waals surface area contributed by atoms with Crippen LogP contribution in [0.5, 0.6) is 0 Å². The third kappa shape index (κ3) is 4.66. The van der Waals surface area contributed by atoms with Gasteiger partial charge in [-0.15, -0.1) is 21.5 Å². The van der Waals surface area contributed by atoms with Crippen molar-refractivity contribution in [3.63, 3.8) is 0 Å². The van der Waals surface area contributed by atoms with Crippen molar-refractivity contribution in [3.8, 4) is 16.4 Å². The highest BCUT2D eigenvalue weighted by molar-refractivity contribution is 7.99. The number of thiophene rings is 1. The van der Waals surface area contributed by atoms with Gasteiger partial charge in [-0.25, -0.2) is 0 Å². The SMILES string of the molecule is FC(F)(F)c1cccc(-n2c(SC/C=C/c3ccccc3)nnc2-c2cccs2)c1. The second-order valence-corrected chi connectivity index (χ2v) is 8.23. The summed E-state index contributed by atoms with van der Waals surface area (Å²) in [5.74, 6) is 1.13. The number of hydrogen-bond acceptors (Lipinski definition) is 4. The lowest BCUT2D eigenvalue weighted by molar-refractivity contribution is -0.137. The molecule has 8 heteroatoms. The largest absolute Gasteiger partial charge is 0.416 e. The van der Waals surface area contributed by atoms with E-state index in [4.69, 9.17) is 0 Å². The van der Waals surface area contributed by atoms with Crippen LogP contribution in [-0.4, -0.2) is 20.5 Å². The van der Waals surface area contributed by atoms with Crippen molar-refractivity contribution in [1.29, 1.82) is 0 Å². The van der Waals surface area contributed by atoms with Crippen molar-refractivity contribution >= 4 is 29.2 Å². The van der Waals surface area contributed by atoms with Crippen LogP contribution in [0.25, 0.3) is 22.5 Å². The Labute approximate surface area is 179 Å². The molecule has 0 spiro atoms. The quantitative estimate of drug-likeness (QED) is 0.306. The zero-order valence-corrected chi connectivity index (χ0v) is 17.2. The second-order valence-electron chi connectivity index (χ2n) is 6.29. The van der Waals surface area contributed by atoms with E-state index >= 15 is 0 Å². The Kier molecular flexibility index (Phi) is 6.06. The summed E-state index contributed by atoms with van der Waals surface area (Å²) in [6.45, 7) is 0. The predicted octanol–water partition coefficient (Wildman–Crippen LogP) is 6.82. The van der Waals surface area contributed by atoms with Crippen molar-refractivity contribution in [2.75, 3.05) is 5.75 Å². The van der Waals surface area contributed by atoms with Gasteiger partial charge in [-0.1, -0.05) is 66.4 Å². The molecule has 0 saturated carbocycles. The molecule has 0 fully saturated rings. The summed E-state index contributed by atoms with van der Waals surface area (Å²) in [7, 11) is 0. The minimum atomic E-state index is -4.42. The first-order valence-corrected chi connectivity index (χ1v) is 10.9. The Morgan fingerprint density at radius 1 is 0.967 bits per heavy atom. The van der Waals surface area contributed by atoms with E-state index in [0.29, 0.717) is 22.4 Å². The average Bonchev–Trinajstić information content (AvgIpc) is 3.41. The van der Waals surface area contributed by atoms with Crippen molar-refractivity contribution < 1.29 is 13.2 Å². The molecule has 30 heavy (non-hydrogen) atoms. The molecule has 2 aromatic carbocycles. The lowest BCUT2D eigenvalue weighted by Gasteiger charge is -2.12. The highest BCUT2D eigenvalue weighted by Crippen LogP contribution is 2.34. The van der Waals surface area contributed by atoms with E-state index in [-0.39, 0.29) is 0 Å². The first kappa shape index (κ1) is 20.4. The van der Waals surface area contributed by atoms with E-state index in [2.05, 4.69) is 10.2 Å². The van der Waals surface area contributed by atoms with Crippen LogP contribution in [-0.2, 0) is 6.18 Å². The summed E-state index contributed by atoms with van der Waals surface area (Å²) in [6, 6.07) is 18.9. The van der Waals surface area contributed by atoms with Gasteiger partial charge in [-0.05, 0) is 35.2 Å². The maximum Gasteiger partial charge on any atom is 0.416 e. The summed E-state index contributed by atoms with van der Waals surface area (Å²) < 4.78 is 41.4. The topological polar surface area (TPSA) is 30.7 Å². The number of aromatic nitrogens is 3. The van der Waals surface area contributed by atoms with Crippen molar-refractivity contribution in [2.24, 2.45) is 0 Å². The zero-order chi connectivity index (χ0) is 21.0. The molecular weight excluding hydrogens is 427 g/mol. The molecule has 0 atom stereocenters. The number of alkyl halides is 3. The van der Waals surface area contributed by atoms with Gasteiger partial charge >= 0.3 is 6.18 Å². The van der Waals surface area contributed by atoms with Crippen LogP contribution in [0.15, 0.2) is 83.3 Å². The Morgan fingerprint density at radius 3 is 2.53 bits per heavy atom. The Morgan fingerprint density at radius 2 is 1.80 bits per heavy atom. The standard InChI is InChI=1S/C22H16F3N3S2/c23-22(24,25)17-10-4-11-18(15-17)28-20(19-12-6-13-29-19)26-27-21(28)30-14-5-9-16-7-2-1-3-8-16/h1-13,15H,14H2/b9-5+. The molecule has 2 heterocycles. The zero-order valence-electron chi connectivity index (χ0n) is 15.6. The predicted molar refractivity (Wildman–Crippen MR) is 116 cm³/mol. The van der Waals surface area contributed by atoms with Crippen LogP contribution in [0, 0.1) is 0 Å². The fourth-order valence-electron chi connectivity index (χ4n) is 2.85. The monoisotopic (exact) mass is 443 g/mol. The van der Waals surface area contributed by atoms with Crippen molar-refractivity contribution in [1.82, 2.24) is 14.8 Å². The number of nitrogens with zero attached hydrogens (tertiary/aromatic N) is 3. The van der Waals surface area contributed by atoms with Crippen LogP contribution < -0.4 is 0 Å². The van der Waals surface area contributed by atoms with E-state index < -0.39 is 11.7 Å². The smallest absolute Gasteiger partial charge is 0.269 e. The maximum absolute atomic E-state index is 13.2. The molecule has 0 N–H and O–H groups in total. The molecule has 0 saturated heterocycles. The Balaban J connectivity index is 1.66.